The number of hydrogen-bond acceptors (Lipinski definition) is 3. The average molecular weight is 312 g/mol. The van der Waals surface area contributed by atoms with Crippen molar-refractivity contribution in [3.05, 3.63) is 65.7 Å². The molecule has 0 bridgehead atoms. The molecular formula is C17H20N4O2. The van der Waals surface area contributed by atoms with Crippen molar-refractivity contribution in [2.24, 2.45) is 0 Å². The molecule has 120 valence electrons. The molecule has 3 amide bonds. The number of nitrogens with two attached hydrogens (primary N) is 1. The van der Waals surface area contributed by atoms with Gasteiger partial charge in [-0.05, 0) is 23.3 Å². The molecule has 6 heteroatoms. The van der Waals surface area contributed by atoms with Crippen LogP contribution < -0.4 is 21.7 Å². The van der Waals surface area contributed by atoms with Crippen LogP contribution in [0.25, 0.3) is 0 Å². The summed E-state index contributed by atoms with van der Waals surface area (Å²) in [6, 6.07) is 16.4. The lowest BCUT2D eigenvalue weighted by atomic mass is 10.2. The monoisotopic (exact) mass is 312 g/mol. The fourth-order valence-electron chi connectivity index (χ4n) is 1.90. The van der Waals surface area contributed by atoms with Crippen LogP contribution in [0.3, 0.4) is 0 Å². The highest BCUT2D eigenvalue weighted by atomic mass is 16.2. The summed E-state index contributed by atoms with van der Waals surface area (Å²) < 4.78 is 0. The maximum atomic E-state index is 11.7. The highest BCUT2D eigenvalue weighted by Gasteiger charge is 2.05. The first-order valence-electron chi connectivity index (χ1n) is 7.30. The molecule has 2 aromatic carbocycles. The van der Waals surface area contributed by atoms with E-state index < -0.39 is 6.03 Å². The van der Waals surface area contributed by atoms with E-state index in [1.807, 2.05) is 42.5 Å². The zero-order chi connectivity index (χ0) is 16.5. The normalized spacial score (nSPS) is 9.91. The number of nitrogen functional groups attached to an aromatic ring is 1. The van der Waals surface area contributed by atoms with Gasteiger partial charge in [-0.25, -0.2) is 4.79 Å². The first-order valence-corrected chi connectivity index (χ1v) is 7.30. The molecule has 0 aliphatic carbocycles. The van der Waals surface area contributed by atoms with Crippen LogP contribution >= 0.6 is 0 Å². The van der Waals surface area contributed by atoms with Crippen molar-refractivity contribution in [3.8, 4) is 0 Å². The second kappa shape index (κ2) is 8.43. The lowest BCUT2D eigenvalue weighted by molar-refractivity contribution is -0.120. The number of anilines is 1. The maximum Gasteiger partial charge on any atom is 0.315 e. The van der Waals surface area contributed by atoms with Crippen LogP contribution in [0.2, 0.25) is 0 Å². The highest BCUT2D eigenvalue weighted by Crippen LogP contribution is 2.04. The van der Waals surface area contributed by atoms with Crippen molar-refractivity contribution in [2.45, 2.75) is 13.1 Å². The average Bonchev–Trinajstić information content (AvgIpc) is 2.58. The third-order valence-electron chi connectivity index (χ3n) is 3.17. The molecule has 2 rings (SSSR count). The van der Waals surface area contributed by atoms with Gasteiger partial charge in [0.05, 0.1) is 6.54 Å². The molecule has 0 atom stereocenters. The summed E-state index contributed by atoms with van der Waals surface area (Å²) in [7, 11) is 0. The first kappa shape index (κ1) is 16.4. The molecule has 0 radical (unpaired) electrons. The molecule has 0 fully saturated rings. The molecule has 0 spiro atoms. The minimum absolute atomic E-state index is 0.0690. The Balaban J connectivity index is 1.63. The minimum atomic E-state index is -0.392. The second-order valence-electron chi connectivity index (χ2n) is 5.04. The van der Waals surface area contributed by atoms with Gasteiger partial charge >= 0.3 is 6.03 Å². The number of hydrogen-bond donors (Lipinski definition) is 4. The van der Waals surface area contributed by atoms with Crippen molar-refractivity contribution < 1.29 is 9.59 Å². The number of carbonyl (C=O) groups excluding carboxylic acids is 2. The molecule has 0 aliphatic heterocycles. The summed E-state index contributed by atoms with van der Waals surface area (Å²) in [6.07, 6.45) is 0. The Hall–Kier alpha value is -3.02. The second-order valence-corrected chi connectivity index (χ2v) is 5.04. The number of carbonyl (C=O) groups is 2. The Bertz CT molecular complexity index is 641. The Morgan fingerprint density at radius 2 is 1.39 bits per heavy atom. The number of urea groups is 1. The molecule has 0 saturated heterocycles. The van der Waals surface area contributed by atoms with E-state index in [-0.39, 0.29) is 12.5 Å². The van der Waals surface area contributed by atoms with E-state index in [9.17, 15) is 9.59 Å². The van der Waals surface area contributed by atoms with Gasteiger partial charge in [0.15, 0.2) is 0 Å². The van der Waals surface area contributed by atoms with Gasteiger partial charge < -0.3 is 21.7 Å². The highest BCUT2D eigenvalue weighted by molar-refractivity contribution is 5.83. The quantitative estimate of drug-likeness (QED) is 0.607. The van der Waals surface area contributed by atoms with E-state index in [0.29, 0.717) is 18.8 Å². The van der Waals surface area contributed by atoms with Crippen LogP contribution in [0.4, 0.5) is 10.5 Å². The predicted molar refractivity (Wildman–Crippen MR) is 89.4 cm³/mol. The van der Waals surface area contributed by atoms with Crippen LogP contribution in [-0.4, -0.2) is 18.5 Å². The smallest absolute Gasteiger partial charge is 0.315 e. The summed E-state index contributed by atoms with van der Waals surface area (Å²) in [5, 5.41) is 7.93. The van der Waals surface area contributed by atoms with Crippen LogP contribution in [0.15, 0.2) is 54.6 Å². The molecule has 0 saturated carbocycles. The minimum Gasteiger partial charge on any atom is -0.399 e. The Morgan fingerprint density at radius 3 is 2.09 bits per heavy atom. The van der Waals surface area contributed by atoms with E-state index in [1.54, 1.807) is 12.1 Å². The lowest BCUT2D eigenvalue weighted by Crippen LogP contribution is -2.41. The van der Waals surface area contributed by atoms with Crippen LogP contribution in [0.5, 0.6) is 0 Å². The molecule has 2 aromatic rings. The topological polar surface area (TPSA) is 96.2 Å². The molecule has 5 N–H and O–H groups in total. The molecule has 23 heavy (non-hydrogen) atoms. The van der Waals surface area contributed by atoms with Crippen molar-refractivity contribution in [2.75, 3.05) is 12.3 Å². The largest absolute Gasteiger partial charge is 0.399 e. The number of benzene rings is 2. The number of nitrogens with one attached hydrogen (secondary N) is 3. The van der Waals surface area contributed by atoms with Crippen molar-refractivity contribution in [3.63, 3.8) is 0 Å². The fraction of sp³-hybridized carbons (Fsp3) is 0.176. The zero-order valence-electron chi connectivity index (χ0n) is 12.7. The maximum absolute atomic E-state index is 11.7. The third kappa shape index (κ3) is 6.09. The summed E-state index contributed by atoms with van der Waals surface area (Å²) in [5.74, 6) is -0.239. The van der Waals surface area contributed by atoms with Gasteiger partial charge in [-0.3, -0.25) is 4.79 Å². The van der Waals surface area contributed by atoms with Gasteiger partial charge in [-0.2, -0.15) is 0 Å². The van der Waals surface area contributed by atoms with Gasteiger partial charge in [-0.1, -0.05) is 42.5 Å². The number of amides is 3. The van der Waals surface area contributed by atoms with Crippen LogP contribution in [-0.2, 0) is 17.9 Å². The van der Waals surface area contributed by atoms with Gasteiger partial charge in [0.25, 0.3) is 0 Å². The lowest BCUT2D eigenvalue weighted by Gasteiger charge is -2.09. The fourth-order valence-corrected chi connectivity index (χ4v) is 1.90. The summed E-state index contributed by atoms with van der Waals surface area (Å²) in [5.41, 5.74) is 8.21. The molecule has 0 aromatic heterocycles. The van der Waals surface area contributed by atoms with Gasteiger partial charge in [0.2, 0.25) is 5.91 Å². The van der Waals surface area contributed by atoms with Crippen LogP contribution in [0.1, 0.15) is 11.1 Å². The van der Waals surface area contributed by atoms with Crippen molar-refractivity contribution >= 4 is 17.6 Å². The van der Waals surface area contributed by atoms with E-state index in [2.05, 4.69) is 16.0 Å². The van der Waals surface area contributed by atoms with Gasteiger partial charge in [0, 0.05) is 18.8 Å². The standard InChI is InChI=1S/C17H20N4O2/c18-15-8-6-14(7-9-15)11-20-17(23)21-12-16(22)19-10-13-4-2-1-3-5-13/h1-9H,10-12,18H2,(H,19,22)(H2,20,21,23). The Kier molecular flexibility index (Phi) is 5.99. The predicted octanol–water partition coefficient (Wildman–Crippen LogP) is 1.38. The van der Waals surface area contributed by atoms with Gasteiger partial charge in [-0.15, -0.1) is 0 Å². The van der Waals surface area contributed by atoms with E-state index in [4.69, 9.17) is 5.73 Å². The third-order valence-corrected chi connectivity index (χ3v) is 3.17. The SMILES string of the molecule is Nc1ccc(CNC(=O)NCC(=O)NCc2ccccc2)cc1. The van der Waals surface area contributed by atoms with Gasteiger partial charge in [0.1, 0.15) is 0 Å². The van der Waals surface area contributed by atoms with E-state index >= 15 is 0 Å². The Morgan fingerprint density at radius 1 is 0.783 bits per heavy atom. The van der Waals surface area contributed by atoms with Crippen LogP contribution in [0, 0.1) is 0 Å². The molecule has 0 heterocycles. The summed E-state index contributed by atoms with van der Waals surface area (Å²) in [6.45, 7) is 0.743. The summed E-state index contributed by atoms with van der Waals surface area (Å²) in [4.78, 5) is 23.3. The molecule has 0 unspecified atom stereocenters. The van der Waals surface area contributed by atoms with E-state index in [1.165, 1.54) is 0 Å². The molecule has 6 nitrogen and oxygen atoms in total. The molecular weight excluding hydrogens is 292 g/mol. The Labute approximate surface area is 135 Å². The van der Waals surface area contributed by atoms with E-state index in [0.717, 1.165) is 11.1 Å². The molecule has 0 aliphatic rings. The first-order chi connectivity index (χ1) is 11.1. The number of rotatable bonds is 6. The van der Waals surface area contributed by atoms with Crippen molar-refractivity contribution in [1.29, 1.82) is 0 Å². The summed E-state index contributed by atoms with van der Waals surface area (Å²) >= 11 is 0. The van der Waals surface area contributed by atoms with Crippen molar-refractivity contribution in [1.82, 2.24) is 16.0 Å². The zero-order valence-corrected chi connectivity index (χ0v) is 12.7.